The van der Waals surface area contributed by atoms with Crippen molar-refractivity contribution in [2.75, 3.05) is 0 Å². The van der Waals surface area contributed by atoms with Gasteiger partial charge in [0.1, 0.15) is 17.4 Å². The zero-order chi connectivity index (χ0) is 16.1. The van der Waals surface area contributed by atoms with Crippen LogP contribution >= 0.6 is 15.9 Å². The van der Waals surface area contributed by atoms with Crippen LogP contribution in [0.15, 0.2) is 29.1 Å². The molecular weight excluding hydrogens is 367 g/mol. The summed E-state index contributed by atoms with van der Waals surface area (Å²) in [6.07, 6.45) is -3.39. The minimum Gasteiger partial charge on any atom is -0.380 e. The summed E-state index contributed by atoms with van der Waals surface area (Å²) < 4.78 is 39.6. The lowest BCUT2D eigenvalue weighted by molar-refractivity contribution is -0.137. The molecular formula is C12H9BrF3N5O. The van der Waals surface area contributed by atoms with E-state index < -0.39 is 17.8 Å². The predicted molar refractivity (Wildman–Crippen MR) is 73.0 cm³/mol. The molecule has 1 N–H and O–H groups in total. The molecule has 116 valence electrons. The lowest BCUT2D eigenvalue weighted by atomic mass is 10.2. The first kappa shape index (κ1) is 15.0. The van der Waals surface area contributed by atoms with Crippen molar-refractivity contribution in [2.45, 2.75) is 12.3 Å². The minimum absolute atomic E-state index is 0.181. The number of hydrogen-bond donors (Lipinski definition) is 1. The summed E-state index contributed by atoms with van der Waals surface area (Å²) in [6, 6.07) is 2.18. The van der Waals surface area contributed by atoms with E-state index in [-0.39, 0.29) is 11.4 Å². The molecule has 22 heavy (non-hydrogen) atoms. The fourth-order valence-corrected chi connectivity index (χ4v) is 2.54. The highest BCUT2D eigenvalue weighted by Gasteiger charge is 2.31. The van der Waals surface area contributed by atoms with Gasteiger partial charge in [-0.3, -0.25) is 0 Å². The number of aliphatic hydroxyl groups is 1. The summed E-state index contributed by atoms with van der Waals surface area (Å²) in [5.41, 5.74) is -0.0799. The van der Waals surface area contributed by atoms with Crippen molar-refractivity contribution in [1.82, 2.24) is 24.4 Å². The predicted octanol–water partition coefficient (Wildman–Crippen LogP) is 2.33. The van der Waals surface area contributed by atoms with Crippen LogP contribution in [0.4, 0.5) is 13.2 Å². The number of aliphatic hydroxyl groups excluding tert-OH is 1. The second-order valence-electron chi connectivity index (χ2n) is 4.61. The van der Waals surface area contributed by atoms with Gasteiger partial charge in [-0.2, -0.15) is 23.1 Å². The molecule has 0 aromatic carbocycles. The molecule has 0 bridgehead atoms. The molecule has 10 heteroatoms. The maximum absolute atomic E-state index is 12.7. The Morgan fingerprint density at radius 2 is 1.95 bits per heavy atom. The number of alkyl halides is 3. The summed E-state index contributed by atoms with van der Waals surface area (Å²) in [5.74, 6) is 0. The lowest BCUT2D eigenvalue weighted by Crippen LogP contribution is -2.05. The van der Waals surface area contributed by atoms with Crippen molar-refractivity contribution in [1.29, 1.82) is 0 Å². The molecule has 3 aromatic rings. The van der Waals surface area contributed by atoms with E-state index in [0.717, 1.165) is 12.3 Å². The molecule has 0 saturated carbocycles. The SMILES string of the molecule is Cn1nc(Br)c(C(O)c2cn3cc(C(F)(F)F)ccc3n2)n1. The van der Waals surface area contributed by atoms with E-state index in [2.05, 4.69) is 31.1 Å². The molecule has 0 fully saturated rings. The second-order valence-corrected chi connectivity index (χ2v) is 5.37. The lowest BCUT2D eigenvalue weighted by Gasteiger charge is -2.05. The van der Waals surface area contributed by atoms with Crippen molar-refractivity contribution in [3.05, 3.63) is 46.1 Å². The third-order valence-corrected chi connectivity index (χ3v) is 3.60. The quantitative estimate of drug-likeness (QED) is 0.746. The normalized spacial score (nSPS) is 13.7. The van der Waals surface area contributed by atoms with Gasteiger partial charge >= 0.3 is 6.18 Å². The van der Waals surface area contributed by atoms with Crippen LogP contribution in [0, 0.1) is 0 Å². The highest BCUT2D eigenvalue weighted by Crippen LogP contribution is 2.30. The summed E-state index contributed by atoms with van der Waals surface area (Å²) in [6.45, 7) is 0. The van der Waals surface area contributed by atoms with Crippen LogP contribution in [0.1, 0.15) is 23.1 Å². The van der Waals surface area contributed by atoms with E-state index in [0.29, 0.717) is 10.3 Å². The van der Waals surface area contributed by atoms with Gasteiger partial charge in [-0.15, -0.1) is 5.10 Å². The zero-order valence-electron chi connectivity index (χ0n) is 11.1. The number of aromatic nitrogens is 5. The summed E-state index contributed by atoms with van der Waals surface area (Å²) in [7, 11) is 1.58. The van der Waals surface area contributed by atoms with E-state index in [9.17, 15) is 18.3 Å². The van der Waals surface area contributed by atoms with Crippen molar-refractivity contribution in [3.63, 3.8) is 0 Å². The van der Waals surface area contributed by atoms with Gasteiger partial charge in [-0.05, 0) is 28.1 Å². The maximum atomic E-state index is 12.7. The van der Waals surface area contributed by atoms with E-state index in [1.165, 1.54) is 21.5 Å². The van der Waals surface area contributed by atoms with E-state index in [1.807, 2.05) is 0 Å². The number of pyridine rings is 1. The number of nitrogens with zero attached hydrogens (tertiary/aromatic N) is 5. The third kappa shape index (κ3) is 2.59. The number of hydrogen-bond acceptors (Lipinski definition) is 4. The number of halogens is 4. The minimum atomic E-state index is -4.44. The monoisotopic (exact) mass is 375 g/mol. The fraction of sp³-hybridized carbons (Fsp3) is 0.250. The number of fused-ring (bicyclic) bond motifs is 1. The van der Waals surface area contributed by atoms with Crippen LogP contribution in [0.2, 0.25) is 0 Å². The van der Waals surface area contributed by atoms with Gasteiger partial charge < -0.3 is 9.51 Å². The van der Waals surface area contributed by atoms with Crippen LogP contribution in [0.3, 0.4) is 0 Å². The zero-order valence-corrected chi connectivity index (χ0v) is 12.7. The van der Waals surface area contributed by atoms with Gasteiger partial charge in [0.15, 0.2) is 4.60 Å². The number of rotatable bonds is 2. The fourth-order valence-electron chi connectivity index (χ4n) is 2.02. The average molecular weight is 376 g/mol. The van der Waals surface area contributed by atoms with Crippen molar-refractivity contribution < 1.29 is 18.3 Å². The van der Waals surface area contributed by atoms with Crippen LogP contribution in [0.5, 0.6) is 0 Å². The molecule has 0 saturated heterocycles. The van der Waals surface area contributed by atoms with Gasteiger partial charge in [0.25, 0.3) is 0 Å². The summed E-state index contributed by atoms with van der Waals surface area (Å²) in [5, 5.41) is 18.2. The Hall–Kier alpha value is -1.94. The van der Waals surface area contributed by atoms with E-state index >= 15 is 0 Å². The third-order valence-electron chi connectivity index (χ3n) is 3.03. The number of aryl methyl sites for hydroxylation is 1. The summed E-state index contributed by atoms with van der Waals surface area (Å²) >= 11 is 3.16. The smallest absolute Gasteiger partial charge is 0.380 e. The Kier molecular flexibility index (Phi) is 3.44. The molecule has 0 spiro atoms. The first-order valence-corrected chi connectivity index (χ1v) is 6.85. The molecule has 1 atom stereocenters. The molecule has 3 heterocycles. The Morgan fingerprint density at radius 3 is 2.55 bits per heavy atom. The van der Waals surface area contributed by atoms with Crippen molar-refractivity contribution >= 4 is 21.6 Å². The first-order chi connectivity index (χ1) is 10.3. The first-order valence-electron chi connectivity index (χ1n) is 6.06. The Balaban J connectivity index is 2.03. The molecule has 0 aliphatic carbocycles. The van der Waals surface area contributed by atoms with Crippen LogP contribution < -0.4 is 0 Å². The number of imidazole rings is 1. The molecule has 6 nitrogen and oxygen atoms in total. The van der Waals surface area contributed by atoms with Gasteiger partial charge in [-0.1, -0.05) is 0 Å². The van der Waals surface area contributed by atoms with Gasteiger partial charge in [-0.25, -0.2) is 4.98 Å². The molecule has 0 aliphatic heterocycles. The van der Waals surface area contributed by atoms with Crippen LogP contribution in [0.25, 0.3) is 5.65 Å². The second kappa shape index (κ2) is 5.06. The molecule has 0 radical (unpaired) electrons. The largest absolute Gasteiger partial charge is 0.417 e. The molecule has 3 rings (SSSR count). The Labute approximate surface area is 130 Å². The van der Waals surface area contributed by atoms with Gasteiger partial charge in [0.05, 0.1) is 11.3 Å². The Morgan fingerprint density at radius 1 is 1.23 bits per heavy atom. The van der Waals surface area contributed by atoms with Crippen LogP contribution in [-0.4, -0.2) is 29.5 Å². The van der Waals surface area contributed by atoms with E-state index in [1.54, 1.807) is 7.05 Å². The average Bonchev–Trinajstić information content (AvgIpc) is 2.99. The molecule has 1 unspecified atom stereocenters. The highest BCUT2D eigenvalue weighted by molar-refractivity contribution is 9.10. The van der Waals surface area contributed by atoms with Gasteiger partial charge in [0, 0.05) is 19.4 Å². The highest BCUT2D eigenvalue weighted by atomic mass is 79.9. The summed E-state index contributed by atoms with van der Waals surface area (Å²) in [4.78, 5) is 5.37. The molecule has 0 amide bonds. The standard InChI is InChI=1S/C12H9BrF3N5O/c1-20-18-9(11(13)19-20)10(22)7-5-21-4-6(12(14,15)16)2-3-8(21)17-7/h2-5,10,22H,1H3. The van der Waals surface area contributed by atoms with Crippen molar-refractivity contribution in [3.8, 4) is 0 Å². The van der Waals surface area contributed by atoms with Gasteiger partial charge in [0.2, 0.25) is 0 Å². The topological polar surface area (TPSA) is 68.2 Å². The Bertz CT molecular complexity index is 841. The van der Waals surface area contributed by atoms with Crippen molar-refractivity contribution in [2.24, 2.45) is 7.05 Å². The molecule has 3 aromatic heterocycles. The van der Waals surface area contributed by atoms with Crippen LogP contribution in [-0.2, 0) is 13.2 Å². The van der Waals surface area contributed by atoms with E-state index in [4.69, 9.17) is 0 Å². The maximum Gasteiger partial charge on any atom is 0.417 e. The molecule has 0 aliphatic rings.